The Balaban J connectivity index is 2.17. The van der Waals surface area contributed by atoms with Crippen molar-refractivity contribution in [1.29, 1.82) is 0 Å². The molecule has 90 valence electrons. The van der Waals surface area contributed by atoms with E-state index in [0.29, 0.717) is 12.0 Å². The molecule has 2 unspecified atom stereocenters. The van der Waals surface area contributed by atoms with E-state index in [1.54, 1.807) is 11.3 Å². The van der Waals surface area contributed by atoms with Crippen LogP contribution in [-0.4, -0.2) is 19.8 Å². The standard InChI is InChI=1S/C11H15Br2NOS/c1-2-14-10(7-3-4-15-6-7)9-5-8(12)11(13)16-9/h5,7,10,14H,2-4,6H2,1H3. The lowest BCUT2D eigenvalue weighted by Crippen LogP contribution is -2.27. The second-order valence-electron chi connectivity index (χ2n) is 3.93. The minimum atomic E-state index is 0.431. The Bertz CT molecular complexity index is 330. The van der Waals surface area contributed by atoms with E-state index in [2.05, 4.69) is 50.2 Å². The third-order valence-electron chi connectivity index (χ3n) is 2.83. The zero-order chi connectivity index (χ0) is 11.5. The summed E-state index contributed by atoms with van der Waals surface area (Å²) in [5, 5.41) is 3.57. The molecule has 0 amide bonds. The molecule has 0 radical (unpaired) electrons. The predicted molar refractivity (Wildman–Crippen MR) is 75.1 cm³/mol. The van der Waals surface area contributed by atoms with Gasteiger partial charge in [0.15, 0.2) is 0 Å². The summed E-state index contributed by atoms with van der Waals surface area (Å²) in [6, 6.07) is 2.64. The van der Waals surface area contributed by atoms with Gasteiger partial charge in [-0.15, -0.1) is 11.3 Å². The zero-order valence-electron chi connectivity index (χ0n) is 9.13. The van der Waals surface area contributed by atoms with Gasteiger partial charge in [-0.1, -0.05) is 6.92 Å². The van der Waals surface area contributed by atoms with Crippen LogP contribution < -0.4 is 5.32 Å². The van der Waals surface area contributed by atoms with Crippen molar-refractivity contribution in [3.05, 3.63) is 19.2 Å². The van der Waals surface area contributed by atoms with Gasteiger partial charge in [-0.25, -0.2) is 0 Å². The van der Waals surface area contributed by atoms with Crippen molar-refractivity contribution in [2.45, 2.75) is 19.4 Å². The van der Waals surface area contributed by atoms with Crippen LogP contribution in [0.3, 0.4) is 0 Å². The quantitative estimate of drug-likeness (QED) is 0.868. The van der Waals surface area contributed by atoms with Gasteiger partial charge in [0, 0.05) is 27.9 Å². The Morgan fingerprint density at radius 1 is 1.62 bits per heavy atom. The number of ether oxygens (including phenoxy) is 1. The zero-order valence-corrected chi connectivity index (χ0v) is 13.1. The summed E-state index contributed by atoms with van der Waals surface area (Å²) >= 11 is 8.91. The van der Waals surface area contributed by atoms with Gasteiger partial charge in [0.1, 0.15) is 0 Å². The molecular weight excluding hydrogens is 354 g/mol. The Hall–Kier alpha value is 0.580. The summed E-state index contributed by atoms with van der Waals surface area (Å²) in [5.41, 5.74) is 0. The topological polar surface area (TPSA) is 21.3 Å². The van der Waals surface area contributed by atoms with E-state index in [4.69, 9.17) is 4.74 Å². The fourth-order valence-electron chi connectivity index (χ4n) is 2.05. The Morgan fingerprint density at radius 3 is 2.94 bits per heavy atom. The summed E-state index contributed by atoms with van der Waals surface area (Å²) < 4.78 is 7.80. The molecule has 2 heterocycles. The number of rotatable bonds is 4. The van der Waals surface area contributed by atoms with E-state index < -0.39 is 0 Å². The summed E-state index contributed by atoms with van der Waals surface area (Å²) in [5.74, 6) is 0.609. The largest absolute Gasteiger partial charge is 0.381 e. The number of hydrogen-bond acceptors (Lipinski definition) is 3. The van der Waals surface area contributed by atoms with Crippen LogP contribution in [0.4, 0.5) is 0 Å². The first-order chi connectivity index (χ1) is 7.72. The molecule has 16 heavy (non-hydrogen) atoms. The van der Waals surface area contributed by atoms with E-state index in [9.17, 15) is 0 Å². The van der Waals surface area contributed by atoms with Gasteiger partial charge in [-0.3, -0.25) is 0 Å². The number of hydrogen-bond donors (Lipinski definition) is 1. The normalized spacial score (nSPS) is 22.6. The Labute approximate surface area is 117 Å². The van der Waals surface area contributed by atoms with Crippen LogP contribution in [0.5, 0.6) is 0 Å². The SMILES string of the molecule is CCNC(c1cc(Br)c(Br)s1)C1CCOC1. The van der Waals surface area contributed by atoms with Crippen LogP contribution >= 0.6 is 43.2 Å². The second kappa shape index (κ2) is 5.96. The van der Waals surface area contributed by atoms with Crippen molar-refractivity contribution in [1.82, 2.24) is 5.32 Å². The Kier molecular flexibility index (Phi) is 4.85. The molecule has 0 saturated carbocycles. The molecule has 0 spiro atoms. The van der Waals surface area contributed by atoms with Crippen molar-refractivity contribution in [3.8, 4) is 0 Å². The molecule has 2 atom stereocenters. The third kappa shape index (κ3) is 2.88. The average molecular weight is 369 g/mol. The van der Waals surface area contributed by atoms with E-state index in [1.807, 2.05) is 0 Å². The minimum absolute atomic E-state index is 0.431. The molecule has 2 nitrogen and oxygen atoms in total. The highest BCUT2D eigenvalue weighted by Crippen LogP contribution is 2.39. The molecule has 1 aromatic heterocycles. The Morgan fingerprint density at radius 2 is 2.44 bits per heavy atom. The van der Waals surface area contributed by atoms with Gasteiger partial charge < -0.3 is 10.1 Å². The summed E-state index contributed by atoms with van der Waals surface area (Å²) in [6.45, 7) is 4.93. The molecule has 5 heteroatoms. The van der Waals surface area contributed by atoms with Crippen molar-refractivity contribution >= 4 is 43.2 Å². The molecule has 1 saturated heterocycles. The van der Waals surface area contributed by atoms with Gasteiger partial charge in [-0.05, 0) is 50.9 Å². The maximum absolute atomic E-state index is 5.48. The first-order valence-electron chi connectivity index (χ1n) is 5.48. The monoisotopic (exact) mass is 367 g/mol. The van der Waals surface area contributed by atoms with Crippen molar-refractivity contribution in [2.75, 3.05) is 19.8 Å². The van der Waals surface area contributed by atoms with Gasteiger partial charge in [0.25, 0.3) is 0 Å². The van der Waals surface area contributed by atoms with Crippen LogP contribution in [0.2, 0.25) is 0 Å². The molecule has 1 aliphatic heterocycles. The lowest BCUT2D eigenvalue weighted by Gasteiger charge is -2.21. The molecule has 0 aromatic carbocycles. The smallest absolute Gasteiger partial charge is 0.0843 e. The maximum atomic E-state index is 5.48. The summed E-state index contributed by atoms with van der Waals surface area (Å²) in [4.78, 5) is 1.39. The van der Waals surface area contributed by atoms with Gasteiger partial charge >= 0.3 is 0 Å². The molecular formula is C11H15Br2NOS. The van der Waals surface area contributed by atoms with E-state index in [1.165, 1.54) is 8.66 Å². The fraction of sp³-hybridized carbons (Fsp3) is 0.636. The number of halogens is 2. The van der Waals surface area contributed by atoms with Crippen molar-refractivity contribution in [3.63, 3.8) is 0 Å². The van der Waals surface area contributed by atoms with E-state index in [0.717, 1.165) is 30.7 Å². The summed E-state index contributed by atoms with van der Waals surface area (Å²) in [7, 11) is 0. The van der Waals surface area contributed by atoms with Crippen LogP contribution in [-0.2, 0) is 4.74 Å². The molecule has 0 aliphatic carbocycles. The minimum Gasteiger partial charge on any atom is -0.381 e. The molecule has 1 N–H and O–H groups in total. The second-order valence-corrected chi connectivity index (χ2v) is 7.19. The van der Waals surface area contributed by atoms with Crippen LogP contribution in [0, 0.1) is 5.92 Å². The first-order valence-corrected chi connectivity index (χ1v) is 7.88. The van der Waals surface area contributed by atoms with Gasteiger partial charge in [0.05, 0.1) is 10.4 Å². The van der Waals surface area contributed by atoms with Crippen molar-refractivity contribution in [2.24, 2.45) is 5.92 Å². The van der Waals surface area contributed by atoms with Gasteiger partial charge in [-0.2, -0.15) is 0 Å². The average Bonchev–Trinajstić information content (AvgIpc) is 2.86. The van der Waals surface area contributed by atoms with Gasteiger partial charge in [0.2, 0.25) is 0 Å². The summed E-state index contributed by atoms with van der Waals surface area (Å²) in [6.07, 6.45) is 1.16. The van der Waals surface area contributed by atoms with Crippen LogP contribution in [0.25, 0.3) is 0 Å². The van der Waals surface area contributed by atoms with E-state index in [-0.39, 0.29) is 0 Å². The molecule has 1 fully saturated rings. The molecule has 1 aliphatic rings. The van der Waals surface area contributed by atoms with Crippen LogP contribution in [0.1, 0.15) is 24.3 Å². The highest BCUT2D eigenvalue weighted by molar-refractivity contribution is 9.13. The lowest BCUT2D eigenvalue weighted by molar-refractivity contribution is 0.177. The fourth-order valence-corrected chi connectivity index (χ4v) is 4.31. The number of nitrogens with one attached hydrogen (secondary N) is 1. The first kappa shape index (κ1) is 13.0. The molecule has 2 rings (SSSR count). The number of thiophene rings is 1. The molecule has 1 aromatic rings. The van der Waals surface area contributed by atoms with Crippen molar-refractivity contribution < 1.29 is 4.74 Å². The lowest BCUT2D eigenvalue weighted by atomic mass is 9.97. The van der Waals surface area contributed by atoms with E-state index >= 15 is 0 Å². The van der Waals surface area contributed by atoms with Crippen LogP contribution in [0.15, 0.2) is 14.3 Å². The third-order valence-corrected chi connectivity index (χ3v) is 6.17. The highest BCUT2D eigenvalue weighted by atomic mass is 79.9. The maximum Gasteiger partial charge on any atom is 0.0843 e. The highest BCUT2D eigenvalue weighted by Gasteiger charge is 2.28. The predicted octanol–water partition coefficient (Wildman–Crippen LogP) is 3.96. The molecule has 0 bridgehead atoms.